The maximum absolute atomic E-state index is 14.3. The van der Waals surface area contributed by atoms with Crippen LogP contribution in [-0.4, -0.2) is 97.0 Å². The maximum Gasteiger partial charge on any atom is 0.326 e. The van der Waals surface area contributed by atoms with Gasteiger partial charge < -0.3 is 52.6 Å². The molecular weight excluding hydrogens is 797 g/mol. The lowest BCUT2D eigenvalue weighted by atomic mass is 9.96. The normalized spacial score (nSPS) is 15.0. The number of carboxylic acid groups (broad SMARTS) is 1. The second-order valence-electron chi connectivity index (χ2n) is 15.6. The topological polar surface area (TPSA) is 278 Å². The highest BCUT2D eigenvalue weighted by Crippen LogP contribution is 2.16. The molecule has 0 radical (unpaired) electrons. The van der Waals surface area contributed by atoms with E-state index >= 15 is 0 Å². The molecule has 17 heteroatoms. The fraction of sp³-hybridized carbons (Fsp3) is 0.400. The van der Waals surface area contributed by atoms with Crippen LogP contribution in [0.2, 0.25) is 0 Å². The van der Waals surface area contributed by atoms with Gasteiger partial charge in [0.2, 0.25) is 29.5 Å². The summed E-state index contributed by atoms with van der Waals surface area (Å²) in [6.07, 6.45) is 3.71. The fourth-order valence-corrected chi connectivity index (χ4v) is 6.64. The van der Waals surface area contributed by atoms with Crippen molar-refractivity contribution in [1.82, 2.24) is 36.6 Å². The molecule has 0 aliphatic carbocycles. The minimum atomic E-state index is -1.34. The monoisotopic (exact) mass is 854 g/mol. The van der Waals surface area contributed by atoms with Crippen LogP contribution in [0.25, 0.3) is 0 Å². The first-order valence-corrected chi connectivity index (χ1v) is 20.7. The van der Waals surface area contributed by atoms with Gasteiger partial charge in [-0.05, 0) is 59.2 Å². The Morgan fingerprint density at radius 1 is 0.581 bits per heavy atom. The smallest absolute Gasteiger partial charge is 0.326 e. The molecule has 1 aromatic heterocycles. The van der Waals surface area contributed by atoms with Gasteiger partial charge in [-0.1, -0.05) is 95.1 Å². The molecule has 5 amide bonds. The van der Waals surface area contributed by atoms with Gasteiger partial charge in [-0.3, -0.25) is 24.0 Å². The van der Waals surface area contributed by atoms with Crippen LogP contribution in [0.5, 0.6) is 11.5 Å². The maximum atomic E-state index is 14.3. The van der Waals surface area contributed by atoms with Crippen LogP contribution in [-0.2, 0) is 54.5 Å². The summed E-state index contributed by atoms with van der Waals surface area (Å²) in [5.74, 6) is -5.64. The summed E-state index contributed by atoms with van der Waals surface area (Å²) in [6.45, 7) is 7.15. The lowest BCUT2D eigenvalue weighted by molar-refractivity contribution is -0.142. The van der Waals surface area contributed by atoms with Crippen molar-refractivity contribution in [1.29, 1.82) is 0 Å². The second-order valence-corrected chi connectivity index (χ2v) is 15.6. The van der Waals surface area contributed by atoms with Gasteiger partial charge in [0.15, 0.2) is 0 Å². The minimum Gasteiger partial charge on any atom is -0.508 e. The zero-order chi connectivity index (χ0) is 45.3. The molecule has 0 saturated carbocycles. The van der Waals surface area contributed by atoms with E-state index in [2.05, 4.69) is 36.6 Å². The van der Waals surface area contributed by atoms with Crippen molar-refractivity contribution < 1.29 is 44.1 Å². The first kappa shape index (κ1) is 47.9. The van der Waals surface area contributed by atoms with Gasteiger partial charge in [-0.25, -0.2) is 9.78 Å². The number of phenolic OH excluding ortho intramolecular Hbond substituents is 2. The number of nitrogens with one attached hydrogen (secondary N) is 6. The van der Waals surface area contributed by atoms with Crippen molar-refractivity contribution in [3.8, 4) is 11.5 Å². The number of carboxylic acids is 1. The van der Waals surface area contributed by atoms with Gasteiger partial charge in [0.1, 0.15) is 41.7 Å². The summed E-state index contributed by atoms with van der Waals surface area (Å²) >= 11 is 0. The van der Waals surface area contributed by atoms with Crippen molar-refractivity contribution in [3.63, 3.8) is 0 Å². The molecule has 0 saturated heterocycles. The van der Waals surface area contributed by atoms with Gasteiger partial charge in [-0.2, -0.15) is 0 Å². The van der Waals surface area contributed by atoms with E-state index in [1.54, 1.807) is 68.4 Å². The van der Waals surface area contributed by atoms with Crippen molar-refractivity contribution in [3.05, 3.63) is 114 Å². The predicted molar refractivity (Wildman–Crippen MR) is 230 cm³/mol. The number of phenols is 2. The van der Waals surface area contributed by atoms with Gasteiger partial charge in [-0.15, -0.1) is 0 Å². The number of hydrogen-bond donors (Lipinski definition) is 10. The number of nitrogens with two attached hydrogens (primary N) is 1. The molecule has 11 N–H and O–H groups in total. The molecule has 8 atom stereocenters. The van der Waals surface area contributed by atoms with Gasteiger partial charge in [0, 0.05) is 31.2 Å². The molecule has 0 aliphatic rings. The number of hydrogen-bond acceptors (Lipinski definition) is 10. The molecule has 332 valence electrons. The Balaban J connectivity index is 1.58. The summed E-state index contributed by atoms with van der Waals surface area (Å²) in [6, 6.07) is 13.7. The summed E-state index contributed by atoms with van der Waals surface area (Å²) in [5, 5.41) is 43.1. The Morgan fingerprint density at radius 3 is 1.52 bits per heavy atom. The Morgan fingerprint density at radius 2 is 1.02 bits per heavy atom. The first-order valence-electron chi connectivity index (χ1n) is 20.7. The second kappa shape index (κ2) is 23.3. The Hall–Kier alpha value is -6.75. The SMILES string of the molecule is CC[C@H](C)[C@H](NC(=O)[C@H](Cc1ccc(O)cc1)NC(=O)[C@H](Cc1cnc[nH]1)NC(=O)[C@@H](NC(=O)[C@@H](N)Cc1ccc(O)cc1)[C@@H](C)CC)C(=O)N[C@@H](Cc1ccccc1)C(=O)O. The number of imidazole rings is 1. The molecule has 0 unspecified atom stereocenters. The molecular formula is C45H58N8O9. The average Bonchev–Trinajstić information content (AvgIpc) is 3.78. The Labute approximate surface area is 360 Å². The third-order valence-corrected chi connectivity index (χ3v) is 10.8. The van der Waals surface area contributed by atoms with E-state index in [0.717, 1.165) is 0 Å². The first-order chi connectivity index (χ1) is 29.6. The highest BCUT2D eigenvalue weighted by molar-refractivity contribution is 5.96. The molecule has 0 aliphatic heterocycles. The number of carbonyl (C=O) groups excluding carboxylic acids is 5. The van der Waals surface area contributed by atoms with E-state index in [1.807, 2.05) is 13.8 Å². The number of aromatic nitrogens is 2. The standard InChI is InChI=1S/C45H58N8O9/c1-5-26(3)38(52-40(56)34(46)20-29-12-16-32(54)17-13-29)43(59)50-36(23-31-24-47-25-48-31)41(57)49-35(21-30-14-18-33(55)19-15-30)42(58)53-39(27(4)6-2)44(60)51-37(45(61)62)22-28-10-8-7-9-11-28/h7-19,24-27,34-39,54-55H,5-6,20-23,46H2,1-4H3,(H,47,48)(H,49,57)(H,50,59)(H,51,60)(H,52,56)(H,53,58)(H,61,62)/t26-,27-,34-,35-,36-,37-,38-,39-/m0/s1. The van der Waals surface area contributed by atoms with Gasteiger partial charge in [0.05, 0.1) is 12.4 Å². The van der Waals surface area contributed by atoms with Crippen molar-refractivity contribution in [2.45, 2.75) is 102 Å². The van der Waals surface area contributed by atoms with E-state index in [9.17, 15) is 44.1 Å². The third kappa shape index (κ3) is 14.5. The number of H-pyrrole nitrogens is 1. The molecule has 0 bridgehead atoms. The zero-order valence-corrected chi connectivity index (χ0v) is 35.3. The number of aliphatic carboxylic acids is 1. The van der Waals surface area contributed by atoms with Crippen LogP contribution in [0.1, 0.15) is 62.9 Å². The van der Waals surface area contributed by atoms with Crippen LogP contribution in [0.3, 0.4) is 0 Å². The summed E-state index contributed by atoms with van der Waals surface area (Å²) in [7, 11) is 0. The number of aromatic hydroxyl groups is 2. The number of amides is 5. The predicted octanol–water partition coefficient (Wildman–Crippen LogP) is 2.02. The summed E-state index contributed by atoms with van der Waals surface area (Å²) in [4.78, 5) is 89.0. The molecule has 62 heavy (non-hydrogen) atoms. The van der Waals surface area contributed by atoms with E-state index in [0.29, 0.717) is 35.2 Å². The highest BCUT2D eigenvalue weighted by atomic mass is 16.4. The zero-order valence-electron chi connectivity index (χ0n) is 35.3. The van der Waals surface area contributed by atoms with Gasteiger partial charge in [0.25, 0.3) is 0 Å². The fourth-order valence-electron chi connectivity index (χ4n) is 6.64. The quantitative estimate of drug-likeness (QED) is 0.0516. The van der Waals surface area contributed by atoms with E-state index in [4.69, 9.17) is 5.73 Å². The molecule has 17 nitrogen and oxygen atoms in total. The van der Waals surface area contributed by atoms with Crippen molar-refractivity contribution >= 4 is 35.5 Å². The van der Waals surface area contributed by atoms with Crippen LogP contribution in [0.15, 0.2) is 91.4 Å². The summed E-state index contributed by atoms with van der Waals surface area (Å²) in [5.41, 5.74) is 8.63. The van der Waals surface area contributed by atoms with E-state index < -0.39 is 83.6 Å². The minimum absolute atomic E-state index is 0.000241. The van der Waals surface area contributed by atoms with Crippen LogP contribution in [0.4, 0.5) is 0 Å². The Kier molecular flexibility index (Phi) is 18.0. The third-order valence-electron chi connectivity index (χ3n) is 10.8. The number of rotatable bonds is 23. The van der Waals surface area contributed by atoms with E-state index in [1.165, 1.54) is 36.8 Å². The molecule has 4 rings (SSSR count). The van der Waals surface area contributed by atoms with E-state index in [-0.39, 0.29) is 37.2 Å². The Bertz CT molecular complexity index is 2080. The number of benzene rings is 3. The average molecular weight is 855 g/mol. The molecule has 3 aromatic carbocycles. The lowest BCUT2D eigenvalue weighted by Gasteiger charge is -2.29. The molecule has 1 heterocycles. The largest absolute Gasteiger partial charge is 0.508 e. The van der Waals surface area contributed by atoms with Gasteiger partial charge >= 0.3 is 5.97 Å². The molecule has 0 fully saturated rings. The molecule has 0 spiro atoms. The number of nitrogens with zero attached hydrogens (tertiary/aromatic N) is 1. The number of aromatic amines is 1. The number of carbonyl (C=O) groups is 6. The van der Waals surface area contributed by atoms with Crippen molar-refractivity contribution in [2.24, 2.45) is 17.6 Å². The van der Waals surface area contributed by atoms with Crippen LogP contribution < -0.4 is 32.3 Å². The van der Waals surface area contributed by atoms with Crippen molar-refractivity contribution in [2.75, 3.05) is 0 Å². The highest BCUT2D eigenvalue weighted by Gasteiger charge is 2.35. The summed E-state index contributed by atoms with van der Waals surface area (Å²) < 4.78 is 0. The van der Waals surface area contributed by atoms with Crippen LogP contribution in [0, 0.1) is 11.8 Å². The van der Waals surface area contributed by atoms with Crippen LogP contribution >= 0.6 is 0 Å². The molecule has 4 aromatic rings. The lowest BCUT2D eigenvalue weighted by Crippen LogP contribution is -2.61.